The van der Waals surface area contributed by atoms with Gasteiger partial charge in [0.15, 0.2) is 0 Å². The summed E-state index contributed by atoms with van der Waals surface area (Å²) >= 11 is 0. The second-order valence-corrected chi connectivity index (χ2v) is 9.75. The van der Waals surface area contributed by atoms with Crippen molar-refractivity contribution in [2.75, 3.05) is 34.2 Å². The van der Waals surface area contributed by atoms with Crippen molar-refractivity contribution in [2.45, 2.75) is 28.7 Å². The van der Waals surface area contributed by atoms with Crippen LogP contribution < -0.4 is 5.32 Å². The molecule has 0 amide bonds. The van der Waals surface area contributed by atoms with Crippen LogP contribution in [0, 0.1) is 0 Å². The van der Waals surface area contributed by atoms with Gasteiger partial charge in [0.2, 0.25) is 20.0 Å². The molecule has 9 heteroatoms. The highest BCUT2D eigenvalue weighted by Crippen LogP contribution is 2.27. The summed E-state index contributed by atoms with van der Waals surface area (Å²) in [6, 6.07) is 5.84. The first-order valence-corrected chi connectivity index (χ1v) is 10.3. The average Bonchev–Trinajstić information content (AvgIpc) is 2.54. The lowest BCUT2D eigenvalue weighted by molar-refractivity contribution is 0.292. The highest BCUT2D eigenvalue weighted by atomic mass is 32.2. The Hall–Kier alpha value is -1.00. The molecule has 1 unspecified atom stereocenters. The number of sulfonamides is 2. The third kappa shape index (κ3) is 3.58. The molecule has 130 valence electrons. The predicted molar refractivity (Wildman–Crippen MR) is 88.2 cm³/mol. The quantitative estimate of drug-likeness (QED) is 0.816. The molecule has 1 aromatic rings. The van der Waals surface area contributed by atoms with E-state index in [2.05, 4.69) is 5.32 Å². The van der Waals surface area contributed by atoms with E-state index < -0.39 is 20.0 Å². The molecule has 0 saturated carbocycles. The number of nitrogens with one attached hydrogen (secondary N) is 1. The van der Waals surface area contributed by atoms with Crippen LogP contribution in [-0.2, 0) is 20.0 Å². The molecule has 0 spiro atoms. The summed E-state index contributed by atoms with van der Waals surface area (Å²) < 4.78 is 53.2. The van der Waals surface area contributed by atoms with Gasteiger partial charge in [0.25, 0.3) is 0 Å². The molecule has 1 N–H and O–H groups in total. The summed E-state index contributed by atoms with van der Waals surface area (Å²) in [5, 5.41) is 3.09. The zero-order chi connectivity index (χ0) is 17.3. The Morgan fingerprint density at radius 3 is 2.30 bits per heavy atom. The Morgan fingerprint density at radius 1 is 1.13 bits per heavy atom. The van der Waals surface area contributed by atoms with E-state index in [1.165, 1.54) is 36.6 Å². The summed E-state index contributed by atoms with van der Waals surface area (Å²) in [7, 11) is -3.13. The normalized spacial score (nSPS) is 20.8. The zero-order valence-corrected chi connectivity index (χ0v) is 15.2. The van der Waals surface area contributed by atoms with E-state index in [4.69, 9.17) is 0 Å². The van der Waals surface area contributed by atoms with Crippen LogP contribution in [0.1, 0.15) is 12.8 Å². The third-order valence-electron chi connectivity index (χ3n) is 4.02. The van der Waals surface area contributed by atoms with Crippen molar-refractivity contribution in [3.8, 4) is 0 Å². The monoisotopic (exact) mass is 361 g/mol. The lowest BCUT2D eigenvalue weighted by Crippen LogP contribution is -2.47. The zero-order valence-electron chi connectivity index (χ0n) is 13.6. The smallest absolute Gasteiger partial charge is 0.244 e. The Labute approximate surface area is 138 Å². The van der Waals surface area contributed by atoms with Crippen molar-refractivity contribution in [3.63, 3.8) is 0 Å². The van der Waals surface area contributed by atoms with E-state index >= 15 is 0 Å². The van der Waals surface area contributed by atoms with Gasteiger partial charge in [-0.25, -0.2) is 21.1 Å². The van der Waals surface area contributed by atoms with Crippen molar-refractivity contribution in [3.05, 3.63) is 24.3 Å². The molecule has 1 aliphatic heterocycles. The Morgan fingerprint density at radius 2 is 1.74 bits per heavy atom. The van der Waals surface area contributed by atoms with Gasteiger partial charge in [-0.05, 0) is 32.0 Å². The maximum absolute atomic E-state index is 13.0. The van der Waals surface area contributed by atoms with Crippen LogP contribution in [0.4, 0.5) is 0 Å². The second-order valence-electron chi connectivity index (χ2n) is 5.73. The lowest BCUT2D eigenvalue weighted by Gasteiger charge is -2.32. The van der Waals surface area contributed by atoms with Crippen LogP contribution in [0.25, 0.3) is 0 Å². The number of nitrogens with zero attached hydrogens (tertiary/aromatic N) is 2. The first kappa shape index (κ1) is 18.3. The second kappa shape index (κ2) is 6.86. The molecule has 0 aromatic heterocycles. The summed E-state index contributed by atoms with van der Waals surface area (Å²) in [6.07, 6.45) is 1.65. The predicted octanol–water partition coefficient (Wildman–Crippen LogP) is 0.309. The van der Waals surface area contributed by atoms with E-state index in [9.17, 15) is 16.8 Å². The molecule has 0 bridgehead atoms. The molecule has 1 fully saturated rings. The molecular weight excluding hydrogens is 338 g/mol. The van der Waals surface area contributed by atoms with Gasteiger partial charge >= 0.3 is 0 Å². The topological polar surface area (TPSA) is 86.8 Å². The van der Waals surface area contributed by atoms with Gasteiger partial charge in [-0.2, -0.15) is 4.31 Å². The molecule has 0 radical (unpaired) electrons. The largest absolute Gasteiger partial charge is 0.316 e. The lowest BCUT2D eigenvalue weighted by atomic mass is 10.1. The van der Waals surface area contributed by atoms with Gasteiger partial charge in [0.05, 0.1) is 0 Å². The van der Waals surface area contributed by atoms with Gasteiger partial charge in [-0.1, -0.05) is 12.1 Å². The minimum Gasteiger partial charge on any atom is -0.316 e. The summed E-state index contributed by atoms with van der Waals surface area (Å²) in [5.41, 5.74) is 0. The van der Waals surface area contributed by atoms with Gasteiger partial charge in [-0.15, -0.1) is 0 Å². The van der Waals surface area contributed by atoms with Crippen LogP contribution in [0.15, 0.2) is 34.1 Å². The van der Waals surface area contributed by atoms with Crippen molar-refractivity contribution >= 4 is 20.0 Å². The fraction of sp³-hybridized carbons (Fsp3) is 0.571. The molecule has 1 aromatic carbocycles. The van der Waals surface area contributed by atoms with Crippen molar-refractivity contribution in [2.24, 2.45) is 0 Å². The molecular formula is C14H23N3O4S2. The molecule has 1 heterocycles. The Kier molecular flexibility index (Phi) is 5.47. The van der Waals surface area contributed by atoms with Crippen LogP contribution in [0.3, 0.4) is 0 Å². The Bertz CT molecular complexity index is 760. The molecule has 0 aliphatic carbocycles. The van der Waals surface area contributed by atoms with Crippen molar-refractivity contribution in [1.82, 2.24) is 13.9 Å². The number of hydrogen-bond donors (Lipinski definition) is 1. The molecule has 1 saturated heterocycles. The van der Waals surface area contributed by atoms with Crippen LogP contribution in [-0.4, -0.2) is 65.7 Å². The van der Waals surface area contributed by atoms with Gasteiger partial charge in [0.1, 0.15) is 9.79 Å². The van der Waals surface area contributed by atoms with Crippen LogP contribution in [0.2, 0.25) is 0 Å². The minimum absolute atomic E-state index is 0.0798. The molecule has 2 rings (SSSR count). The van der Waals surface area contributed by atoms with Crippen LogP contribution >= 0.6 is 0 Å². The van der Waals surface area contributed by atoms with E-state index in [0.717, 1.165) is 17.1 Å². The summed E-state index contributed by atoms with van der Waals surface area (Å²) in [6.45, 7) is 0.742. The minimum atomic E-state index is -3.86. The molecule has 1 atom stereocenters. The van der Waals surface area contributed by atoms with E-state index in [1.54, 1.807) is 13.1 Å². The first-order valence-electron chi connectivity index (χ1n) is 7.40. The van der Waals surface area contributed by atoms with Gasteiger partial charge in [0, 0.05) is 33.2 Å². The van der Waals surface area contributed by atoms with Crippen LogP contribution in [0.5, 0.6) is 0 Å². The first-order chi connectivity index (χ1) is 10.7. The molecule has 1 aliphatic rings. The number of piperidine rings is 1. The molecule has 7 nitrogen and oxygen atoms in total. The number of rotatable bonds is 5. The number of benzene rings is 1. The fourth-order valence-electron chi connectivity index (χ4n) is 2.61. The average molecular weight is 361 g/mol. The Balaban J connectivity index is 2.49. The van der Waals surface area contributed by atoms with E-state index in [1.807, 2.05) is 0 Å². The maximum atomic E-state index is 13.0. The fourth-order valence-corrected chi connectivity index (χ4v) is 5.80. The standard InChI is InChI=1S/C14H23N3O4S2/c1-15-12-7-6-10-17(11-12)23(20,21)14-9-5-4-8-13(14)22(18,19)16(2)3/h4-5,8-9,12,15H,6-7,10-11H2,1-3H3. The SMILES string of the molecule is CNC1CCCN(S(=O)(=O)c2ccccc2S(=O)(=O)N(C)C)C1. The third-order valence-corrected chi connectivity index (χ3v) is 7.94. The summed E-state index contributed by atoms with van der Waals surface area (Å²) in [5.74, 6) is 0. The highest BCUT2D eigenvalue weighted by Gasteiger charge is 2.34. The summed E-state index contributed by atoms with van der Waals surface area (Å²) in [4.78, 5) is -0.345. The van der Waals surface area contributed by atoms with E-state index in [-0.39, 0.29) is 15.8 Å². The number of likely N-dealkylation sites (N-methyl/N-ethyl adjacent to an activating group) is 1. The van der Waals surface area contributed by atoms with E-state index in [0.29, 0.717) is 13.1 Å². The van der Waals surface area contributed by atoms with Crippen molar-refractivity contribution < 1.29 is 16.8 Å². The maximum Gasteiger partial charge on any atom is 0.244 e. The van der Waals surface area contributed by atoms with Gasteiger partial charge in [-0.3, -0.25) is 0 Å². The van der Waals surface area contributed by atoms with Gasteiger partial charge < -0.3 is 5.32 Å². The highest BCUT2D eigenvalue weighted by molar-refractivity contribution is 7.92. The van der Waals surface area contributed by atoms with Crippen molar-refractivity contribution in [1.29, 1.82) is 0 Å². The molecule has 23 heavy (non-hydrogen) atoms. The number of hydrogen-bond acceptors (Lipinski definition) is 5.